The van der Waals surface area contributed by atoms with E-state index < -0.39 is 0 Å². The molecule has 1 aromatic heterocycles. The number of aromatic nitrogens is 1. The number of halogens is 4. The Morgan fingerprint density at radius 3 is 2.83 bits per heavy atom. The zero-order valence-corrected chi connectivity index (χ0v) is 19.6. The zero-order chi connectivity index (χ0) is 19.2. The minimum atomic E-state index is -0.0327. The molecule has 1 saturated heterocycles. The lowest BCUT2D eigenvalue weighted by molar-refractivity contribution is -0.119. The molecule has 2 heterocycles. The first-order valence-electron chi connectivity index (χ1n) is 8.79. The maximum atomic E-state index is 12.5. The number of thiazole rings is 1. The second kappa shape index (κ2) is 12.9. The summed E-state index contributed by atoms with van der Waals surface area (Å²) >= 11 is 13.5. The first-order valence-corrected chi connectivity index (χ1v) is 10.4. The minimum Gasteiger partial charge on any atom is -0.379 e. The lowest BCUT2D eigenvalue weighted by Crippen LogP contribution is -2.29. The fraction of sp³-hybridized carbons (Fsp3) is 0.444. The highest BCUT2D eigenvalue weighted by molar-refractivity contribution is 7.13. The summed E-state index contributed by atoms with van der Waals surface area (Å²) < 4.78 is 5.40. The van der Waals surface area contributed by atoms with Crippen LogP contribution in [0, 0.1) is 5.92 Å². The van der Waals surface area contributed by atoms with E-state index in [1.165, 1.54) is 11.3 Å². The van der Waals surface area contributed by atoms with E-state index in [4.69, 9.17) is 33.7 Å². The van der Waals surface area contributed by atoms with Crippen LogP contribution in [0.15, 0.2) is 23.6 Å². The number of hydrogen-bond donors (Lipinski definition) is 2. The Balaban J connectivity index is 0.00000210. The van der Waals surface area contributed by atoms with E-state index >= 15 is 0 Å². The lowest BCUT2D eigenvalue weighted by atomic mass is 10.1. The molecule has 0 spiro atoms. The van der Waals surface area contributed by atoms with Gasteiger partial charge in [-0.05, 0) is 25.1 Å². The van der Waals surface area contributed by atoms with Crippen LogP contribution in [0.3, 0.4) is 0 Å². The highest BCUT2D eigenvalue weighted by atomic mass is 35.5. The van der Waals surface area contributed by atoms with Gasteiger partial charge in [-0.3, -0.25) is 4.79 Å². The number of nitrogens with one attached hydrogen (secondary N) is 1. The number of hydrogen-bond acceptors (Lipinski definition) is 6. The number of carbonyl (C=O) groups is 1. The van der Waals surface area contributed by atoms with Crippen molar-refractivity contribution >= 4 is 71.1 Å². The SMILES string of the molecule is Cl.Cl.NCCOCCN1CCC(C(=O)Nc2csc(-c3ccc(Cl)c(Cl)c3)n2)C1. The minimum absolute atomic E-state index is 0. The molecule has 1 aromatic carbocycles. The highest BCUT2D eigenvalue weighted by Crippen LogP contribution is 2.31. The van der Waals surface area contributed by atoms with Crippen molar-refractivity contribution in [1.29, 1.82) is 0 Å². The summed E-state index contributed by atoms with van der Waals surface area (Å²) in [6.07, 6.45) is 0.840. The number of carbonyl (C=O) groups excluding carboxylic acids is 1. The number of benzene rings is 1. The summed E-state index contributed by atoms with van der Waals surface area (Å²) in [5, 5.41) is 6.53. The van der Waals surface area contributed by atoms with Crippen molar-refractivity contribution in [1.82, 2.24) is 9.88 Å². The summed E-state index contributed by atoms with van der Waals surface area (Å²) in [6, 6.07) is 5.37. The van der Waals surface area contributed by atoms with E-state index in [9.17, 15) is 4.79 Å². The number of ether oxygens (including phenoxy) is 1. The Morgan fingerprint density at radius 1 is 1.31 bits per heavy atom. The molecule has 1 aliphatic heterocycles. The van der Waals surface area contributed by atoms with E-state index in [0.29, 0.717) is 35.6 Å². The van der Waals surface area contributed by atoms with Crippen molar-refractivity contribution in [2.75, 3.05) is 44.7 Å². The first-order chi connectivity index (χ1) is 13.1. The predicted octanol–water partition coefficient (Wildman–Crippen LogP) is 4.20. The van der Waals surface area contributed by atoms with E-state index in [1.807, 2.05) is 11.4 Å². The Labute approximate surface area is 196 Å². The highest BCUT2D eigenvalue weighted by Gasteiger charge is 2.28. The van der Waals surface area contributed by atoms with Crippen LogP contribution in [0.1, 0.15) is 6.42 Å². The molecule has 6 nitrogen and oxygen atoms in total. The molecule has 1 fully saturated rings. The van der Waals surface area contributed by atoms with Gasteiger partial charge >= 0.3 is 0 Å². The fourth-order valence-corrected chi connectivity index (χ4v) is 4.00. The molecule has 1 unspecified atom stereocenters. The van der Waals surface area contributed by atoms with Crippen LogP contribution in [0.25, 0.3) is 10.6 Å². The quantitative estimate of drug-likeness (QED) is 0.530. The Morgan fingerprint density at radius 2 is 2.10 bits per heavy atom. The lowest BCUT2D eigenvalue weighted by Gasteiger charge is -2.15. The molecule has 0 bridgehead atoms. The molecule has 2 aromatic rings. The number of nitrogens with zero attached hydrogens (tertiary/aromatic N) is 2. The molecular formula is C18H24Cl4N4O2S. The van der Waals surface area contributed by atoms with Gasteiger partial charge in [-0.25, -0.2) is 4.98 Å². The Hall–Kier alpha value is -0.640. The molecule has 0 radical (unpaired) electrons. The van der Waals surface area contributed by atoms with Gasteiger partial charge in [-0.2, -0.15) is 0 Å². The van der Waals surface area contributed by atoms with Crippen LogP contribution in [0.5, 0.6) is 0 Å². The van der Waals surface area contributed by atoms with Crippen LogP contribution in [-0.2, 0) is 9.53 Å². The third-order valence-electron chi connectivity index (χ3n) is 4.38. The van der Waals surface area contributed by atoms with Crippen LogP contribution >= 0.6 is 59.4 Å². The van der Waals surface area contributed by atoms with Gasteiger partial charge < -0.3 is 20.7 Å². The summed E-state index contributed by atoms with van der Waals surface area (Å²) in [7, 11) is 0. The second-order valence-electron chi connectivity index (χ2n) is 6.34. The van der Waals surface area contributed by atoms with Gasteiger partial charge in [0.25, 0.3) is 0 Å². The van der Waals surface area contributed by atoms with Gasteiger partial charge in [-0.1, -0.05) is 29.3 Å². The zero-order valence-electron chi connectivity index (χ0n) is 15.6. The van der Waals surface area contributed by atoms with Gasteiger partial charge in [0.1, 0.15) is 10.8 Å². The third-order valence-corrected chi connectivity index (χ3v) is 6.01. The van der Waals surface area contributed by atoms with Crippen molar-refractivity contribution in [3.05, 3.63) is 33.6 Å². The molecule has 11 heteroatoms. The number of nitrogens with two attached hydrogens (primary N) is 1. The third kappa shape index (κ3) is 7.52. The average molecular weight is 502 g/mol. The summed E-state index contributed by atoms with van der Waals surface area (Å²) in [4.78, 5) is 19.3. The van der Waals surface area contributed by atoms with Crippen molar-refractivity contribution in [3.8, 4) is 10.6 Å². The van der Waals surface area contributed by atoms with Crippen LogP contribution in [0.4, 0.5) is 5.82 Å². The van der Waals surface area contributed by atoms with Gasteiger partial charge in [0, 0.05) is 30.6 Å². The molecule has 29 heavy (non-hydrogen) atoms. The molecular weight excluding hydrogens is 478 g/mol. The van der Waals surface area contributed by atoms with E-state index in [2.05, 4.69) is 15.2 Å². The van der Waals surface area contributed by atoms with Crippen LogP contribution in [-0.4, -0.2) is 55.2 Å². The number of amides is 1. The summed E-state index contributed by atoms with van der Waals surface area (Å²) in [5.74, 6) is 0.539. The molecule has 1 atom stereocenters. The molecule has 1 aliphatic rings. The van der Waals surface area contributed by atoms with E-state index in [0.717, 1.165) is 36.6 Å². The fourth-order valence-electron chi connectivity index (χ4n) is 2.95. The predicted molar refractivity (Wildman–Crippen MR) is 125 cm³/mol. The van der Waals surface area contributed by atoms with Crippen molar-refractivity contribution < 1.29 is 9.53 Å². The smallest absolute Gasteiger partial charge is 0.230 e. The molecule has 0 aliphatic carbocycles. The second-order valence-corrected chi connectivity index (χ2v) is 8.02. The van der Waals surface area contributed by atoms with Crippen molar-refractivity contribution in [2.24, 2.45) is 11.7 Å². The molecule has 3 N–H and O–H groups in total. The first kappa shape index (κ1) is 26.4. The van der Waals surface area contributed by atoms with Gasteiger partial charge in [0.15, 0.2) is 0 Å². The number of likely N-dealkylation sites (tertiary alicyclic amines) is 1. The van der Waals surface area contributed by atoms with E-state index in [1.54, 1.807) is 12.1 Å². The van der Waals surface area contributed by atoms with Gasteiger partial charge in [-0.15, -0.1) is 36.2 Å². The summed E-state index contributed by atoms with van der Waals surface area (Å²) in [5.41, 5.74) is 6.28. The summed E-state index contributed by atoms with van der Waals surface area (Å²) in [6.45, 7) is 4.20. The van der Waals surface area contributed by atoms with Crippen molar-refractivity contribution in [2.45, 2.75) is 6.42 Å². The monoisotopic (exact) mass is 500 g/mol. The topological polar surface area (TPSA) is 80.5 Å². The largest absolute Gasteiger partial charge is 0.379 e. The molecule has 1 amide bonds. The van der Waals surface area contributed by atoms with Gasteiger partial charge in [0.2, 0.25) is 5.91 Å². The molecule has 3 rings (SSSR count). The van der Waals surface area contributed by atoms with Gasteiger partial charge in [0.05, 0.1) is 29.2 Å². The normalized spacial score (nSPS) is 16.2. The van der Waals surface area contributed by atoms with Crippen LogP contribution in [0.2, 0.25) is 10.0 Å². The number of rotatable bonds is 8. The van der Waals surface area contributed by atoms with E-state index in [-0.39, 0.29) is 36.6 Å². The Bertz CT molecular complexity index is 793. The maximum absolute atomic E-state index is 12.5. The average Bonchev–Trinajstić information content (AvgIpc) is 3.31. The number of anilines is 1. The molecule has 0 saturated carbocycles. The van der Waals surface area contributed by atoms with Crippen molar-refractivity contribution in [3.63, 3.8) is 0 Å². The standard InChI is InChI=1S/C18H22Cl2N4O2S.2ClH/c19-14-2-1-12(9-15(14)20)18-23-16(11-27-18)22-17(25)13-3-5-24(10-13)6-8-26-7-4-21;;/h1-2,9,11,13H,3-8,10,21H2,(H,22,25);2*1H. The van der Waals surface area contributed by atoms with Crippen LogP contribution < -0.4 is 11.1 Å². The molecule has 162 valence electrons. The maximum Gasteiger partial charge on any atom is 0.230 e. The Kier molecular flexibility index (Phi) is 11.8.